The van der Waals surface area contributed by atoms with Crippen molar-refractivity contribution in [3.05, 3.63) is 0 Å². The molecule has 2 aliphatic heterocycles. The fraction of sp³-hybridized carbons (Fsp3) is 0.706. The number of amides is 9. The van der Waals surface area contributed by atoms with Crippen LogP contribution >= 0.6 is 0 Å². The number of nitrogens with two attached hydrogens (primary N) is 5. The first-order valence-electron chi connectivity index (χ1n) is 18.7. The third kappa shape index (κ3) is 14.7. The van der Waals surface area contributed by atoms with Crippen LogP contribution in [0.25, 0.3) is 0 Å². The Labute approximate surface area is 324 Å². The number of carboxylic acids is 1. The van der Waals surface area contributed by atoms with Crippen LogP contribution in [-0.2, 0) is 47.9 Å². The molecule has 15 N–H and O–H groups in total. The van der Waals surface area contributed by atoms with E-state index < -0.39 is 101 Å². The minimum Gasteiger partial charge on any atom is -0.480 e. The molecule has 0 aromatic carbocycles. The molecule has 0 aromatic heterocycles. The fourth-order valence-corrected chi connectivity index (χ4v) is 6.47. The van der Waals surface area contributed by atoms with Crippen LogP contribution in [0.1, 0.15) is 90.4 Å². The molecule has 2 fully saturated rings. The van der Waals surface area contributed by atoms with Gasteiger partial charge in [-0.15, -0.1) is 0 Å². The summed E-state index contributed by atoms with van der Waals surface area (Å²) >= 11 is 0. The maximum atomic E-state index is 14.1. The van der Waals surface area contributed by atoms with E-state index in [0.29, 0.717) is 32.2 Å². The number of carbonyl (C=O) groups excluding carboxylic acids is 9. The van der Waals surface area contributed by atoms with Gasteiger partial charge in [-0.2, -0.15) is 0 Å². The summed E-state index contributed by atoms with van der Waals surface area (Å²) in [5.74, 6) is -7.94. The molecule has 22 nitrogen and oxygen atoms in total. The zero-order chi connectivity index (χ0) is 42.1. The number of carbonyl (C=O) groups is 10. The molecule has 56 heavy (non-hydrogen) atoms. The van der Waals surface area contributed by atoms with Crippen LogP contribution in [0.3, 0.4) is 0 Å². The van der Waals surface area contributed by atoms with Gasteiger partial charge in [0.1, 0.15) is 36.3 Å². The van der Waals surface area contributed by atoms with E-state index in [1.165, 1.54) is 16.7 Å². The highest BCUT2D eigenvalue weighted by molar-refractivity contribution is 5.98. The lowest BCUT2D eigenvalue weighted by molar-refractivity contribution is -0.148. The van der Waals surface area contributed by atoms with E-state index >= 15 is 0 Å². The molecule has 7 atom stereocenters. The number of primary amides is 3. The van der Waals surface area contributed by atoms with Gasteiger partial charge in [0.15, 0.2) is 0 Å². The Morgan fingerprint density at radius 1 is 0.643 bits per heavy atom. The van der Waals surface area contributed by atoms with E-state index in [1.54, 1.807) is 0 Å². The van der Waals surface area contributed by atoms with E-state index in [9.17, 15) is 53.1 Å². The molecule has 2 aliphatic rings. The second-order valence-corrected chi connectivity index (χ2v) is 14.0. The van der Waals surface area contributed by atoms with Gasteiger partial charge in [0.25, 0.3) is 0 Å². The Morgan fingerprint density at radius 2 is 1.14 bits per heavy atom. The molecule has 2 heterocycles. The van der Waals surface area contributed by atoms with Crippen LogP contribution in [0.15, 0.2) is 0 Å². The lowest BCUT2D eigenvalue weighted by Crippen LogP contribution is -2.59. The Morgan fingerprint density at radius 3 is 1.71 bits per heavy atom. The van der Waals surface area contributed by atoms with E-state index in [4.69, 9.17) is 28.7 Å². The van der Waals surface area contributed by atoms with Gasteiger partial charge in [-0.1, -0.05) is 0 Å². The van der Waals surface area contributed by atoms with Crippen molar-refractivity contribution in [2.24, 2.45) is 28.7 Å². The molecule has 22 heteroatoms. The lowest BCUT2D eigenvalue weighted by atomic mass is 10.0. The first-order valence-corrected chi connectivity index (χ1v) is 18.7. The molecule has 9 amide bonds. The number of nitrogens with one attached hydrogen (secondary N) is 4. The quantitative estimate of drug-likeness (QED) is 0.0411. The molecule has 2 rings (SSSR count). The summed E-state index contributed by atoms with van der Waals surface area (Å²) in [5, 5.41) is 19.2. The molecule has 0 aromatic rings. The third-order valence-corrected chi connectivity index (χ3v) is 9.61. The largest absolute Gasteiger partial charge is 0.480 e. The zero-order valence-electron chi connectivity index (χ0n) is 31.7. The molecule has 0 unspecified atom stereocenters. The maximum absolute atomic E-state index is 14.1. The number of nitrogens with zero attached hydrogens (tertiary/aromatic N) is 2. The number of hydrogen-bond donors (Lipinski definition) is 10. The van der Waals surface area contributed by atoms with E-state index in [1.807, 2.05) is 0 Å². The molecule has 0 aliphatic carbocycles. The van der Waals surface area contributed by atoms with Gasteiger partial charge in [-0.25, -0.2) is 0 Å². The van der Waals surface area contributed by atoms with Crippen molar-refractivity contribution in [3.63, 3.8) is 0 Å². The molecule has 2 saturated heterocycles. The predicted molar refractivity (Wildman–Crippen MR) is 197 cm³/mol. The SMILES string of the molecule is C[C@H](NC(=O)[C@H](CCCCN)NC(=O)[C@@H]1CCCN1C(=O)[C@@H]1CCCN1C(=O)[C@H](CCC(N)=O)NC(=O)[C@H](CCC(N)=O)NC(=O)[C@@H](N)CCC(N)=O)C(=O)O. The van der Waals surface area contributed by atoms with Crippen LogP contribution in [0.2, 0.25) is 0 Å². The van der Waals surface area contributed by atoms with Gasteiger partial charge in [-0.05, 0) is 77.7 Å². The normalized spacial score (nSPS) is 19.1. The average Bonchev–Trinajstić information content (AvgIpc) is 3.83. The van der Waals surface area contributed by atoms with Gasteiger partial charge < -0.3 is 64.8 Å². The summed E-state index contributed by atoms with van der Waals surface area (Å²) in [5.41, 5.74) is 27.2. The van der Waals surface area contributed by atoms with Gasteiger partial charge in [0.05, 0.1) is 6.04 Å². The van der Waals surface area contributed by atoms with Crippen molar-refractivity contribution in [3.8, 4) is 0 Å². The second-order valence-electron chi connectivity index (χ2n) is 14.0. The number of rotatable bonds is 24. The van der Waals surface area contributed by atoms with E-state index in [-0.39, 0.29) is 70.9 Å². The van der Waals surface area contributed by atoms with Crippen molar-refractivity contribution in [1.82, 2.24) is 31.1 Å². The average molecular weight is 796 g/mol. The second kappa shape index (κ2) is 22.9. The van der Waals surface area contributed by atoms with Gasteiger partial charge in [0.2, 0.25) is 53.2 Å². The number of carboxylic acid groups (broad SMARTS) is 1. The number of likely N-dealkylation sites (tertiary alicyclic amines) is 2. The van der Waals surface area contributed by atoms with Crippen LogP contribution < -0.4 is 49.9 Å². The number of hydrogen-bond acceptors (Lipinski definition) is 12. The van der Waals surface area contributed by atoms with Gasteiger partial charge in [-0.3, -0.25) is 47.9 Å². The highest BCUT2D eigenvalue weighted by atomic mass is 16.4. The molecular formula is C34H57N11O11. The first-order chi connectivity index (χ1) is 26.4. The third-order valence-electron chi connectivity index (χ3n) is 9.61. The van der Waals surface area contributed by atoms with Crippen molar-refractivity contribution in [1.29, 1.82) is 0 Å². The molecular weight excluding hydrogens is 738 g/mol. The Kier molecular flexibility index (Phi) is 19.1. The van der Waals surface area contributed by atoms with Crippen LogP contribution in [0.4, 0.5) is 0 Å². The van der Waals surface area contributed by atoms with Gasteiger partial charge in [0, 0.05) is 32.4 Å². The monoisotopic (exact) mass is 795 g/mol. The van der Waals surface area contributed by atoms with Crippen molar-refractivity contribution >= 4 is 59.1 Å². The van der Waals surface area contributed by atoms with Crippen molar-refractivity contribution in [2.75, 3.05) is 19.6 Å². The maximum Gasteiger partial charge on any atom is 0.325 e. The minimum atomic E-state index is -1.42. The van der Waals surface area contributed by atoms with Crippen LogP contribution in [0, 0.1) is 0 Å². The lowest BCUT2D eigenvalue weighted by Gasteiger charge is -2.33. The van der Waals surface area contributed by atoms with Crippen molar-refractivity contribution in [2.45, 2.75) is 133 Å². The first kappa shape index (κ1) is 46.8. The molecule has 0 bridgehead atoms. The Balaban J connectivity index is 2.27. The van der Waals surface area contributed by atoms with E-state index in [2.05, 4.69) is 21.3 Å². The highest BCUT2D eigenvalue weighted by Crippen LogP contribution is 2.26. The summed E-state index contributed by atoms with van der Waals surface area (Å²) in [4.78, 5) is 129. The summed E-state index contributed by atoms with van der Waals surface area (Å²) in [6.45, 7) is 1.87. The number of unbranched alkanes of at least 4 members (excludes halogenated alkanes) is 1. The smallest absolute Gasteiger partial charge is 0.325 e. The zero-order valence-corrected chi connectivity index (χ0v) is 31.7. The summed E-state index contributed by atoms with van der Waals surface area (Å²) in [7, 11) is 0. The topological polar surface area (TPSA) is 376 Å². The summed E-state index contributed by atoms with van der Waals surface area (Å²) in [6, 6.07) is -8.47. The van der Waals surface area contributed by atoms with Crippen LogP contribution in [0.5, 0.6) is 0 Å². The molecule has 314 valence electrons. The standard InChI is InChI=1S/C34H57N11O11/c1-18(34(55)56)40-29(50)20(6-2-3-15-35)42-31(52)23-7-4-16-44(23)33(54)24-8-5-17-45(24)32(53)22(11-14-27(39)48)43-30(51)21(10-13-26(38)47)41-28(49)19(36)9-12-25(37)46/h18-24H,2-17,35-36H2,1H3,(H2,37,46)(H2,38,47)(H2,39,48)(H,40,50)(H,41,49)(H,42,52)(H,43,51)(H,55,56)/t18-,19-,20-,21-,22-,23-,24-/m0/s1. The van der Waals surface area contributed by atoms with E-state index in [0.717, 1.165) is 0 Å². The summed E-state index contributed by atoms with van der Waals surface area (Å²) < 4.78 is 0. The summed E-state index contributed by atoms with van der Waals surface area (Å²) in [6.07, 6.45) is 0.846. The Bertz CT molecular complexity index is 1480. The number of aliphatic carboxylic acids is 1. The highest BCUT2D eigenvalue weighted by Gasteiger charge is 2.44. The molecule has 0 radical (unpaired) electrons. The van der Waals surface area contributed by atoms with Gasteiger partial charge >= 0.3 is 5.97 Å². The van der Waals surface area contributed by atoms with Crippen molar-refractivity contribution < 1.29 is 53.1 Å². The predicted octanol–water partition coefficient (Wildman–Crippen LogP) is -4.74. The minimum absolute atomic E-state index is 0.0879. The Hall–Kier alpha value is -5.38. The fourth-order valence-electron chi connectivity index (χ4n) is 6.47. The molecule has 0 saturated carbocycles. The van der Waals surface area contributed by atoms with Crippen LogP contribution in [-0.4, -0.2) is 136 Å². The molecule has 0 spiro atoms.